The molecule has 0 unspecified atom stereocenters. The van der Waals surface area contributed by atoms with E-state index in [9.17, 15) is 9.18 Å². The Balaban J connectivity index is 2.62. The molecule has 0 spiro atoms. The lowest BCUT2D eigenvalue weighted by Crippen LogP contribution is -2.15. The summed E-state index contributed by atoms with van der Waals surface area (Å²) in [6, 6.07) is 5.88. The molecule has 0 aromatic heterocycles. The monoisotopic (exact) mass is 248 g/mol. The first-order valence-electron chi connectivity index (χ1n) is 5.37. The average Bonchev–Trinajstić information content (AvgIpc) is 2.37. The lowest BCUT2D eigenvalue weighted by Gasteiger charge is -2.09. The highest BCUT2D eigenvalue weighted by Gasteiger charge is 2.09. The molecule has 1 N–H and O–H groups in total. The molecule has 4 nitrogen and oxygen atoms in total. The largest absolute Gasteiger partial charge is 0.463 e. The number of hydrogen-bond acceptors (Lipinski definition) is 4. The number of nitriles is 1. The molecule has 0 aliphatic rings. The van der Waals surface area contributed by atoms with Gasteiger partial charge in [0.25, 0.3) is 0 Å². The van der Waals surface area contributed by atoms with Crippen molar-refractivity contribution in [1.82, 2.24) is 0 Å². The van der Waals surface area contributed by atoms with Crippen molar-refractivity contribution in [3.8, 4) is 6.07 Å². The van der Waals surface area contributed by atoms with E-state index in [0.29, 0.717) is 0 Å². The number of benzene rings is 1. The smallest absolute Gasteiger partial charge is 0.335 e. The molecule has 94 valence electrons. The van der Waals surface area contributed by atoms with Crippen molar-refractivity contribution in [3.63, 3.8) is 0 Å². The van der Waals surface area contributed by atoms with Gasteiger partial charge in [-0.15, -0.1) is 0 Å². The van der Waals surface area contributed by atoms with Crippen LogP contribution in [0.25, 0.3) is 0 Å². The van der Waals surface area contributed by atoms with E-state index in [1.807, 2.05) is 6.07 Å². The third-order valence-corrected chi connectivity index (χ3v) is 2.15. The average molecular weight is 248 g/mol. The zero-order chi connectivity index (χ0) is 13.5. The Morgan fingerprint density at radius 1 is 1.61 bits per heavy atom. The lowest BCUT2D eigenvalue weighted by molar-refractivity contribution is -0.138. The van der Waals surface area contributed by atoms with Gasteiger partial charge in [-0.2, -0.15) is 5.26 Å². The van der Waals surface area contributed by atoms with E-state index in [-0.39, 0.29) is 30.0 Å². The summed E-state index contributed by atoms with van der Waals surface area (Å²) in [6.45, 7) is 5.59. The van der Waals surface area contributed by atoms with Gasteiger partial charge in [-0.05, 0) is 25.1 Å². The van der Waals surface area contributed by atoms with Crippen LogP contribution in [0.15, 0.2) is 30.4 Å². The summed E-state index contributed by atoms with van der Waals surface area (Å²) in [4.78, 5) is 11.3. The van der Waals surface area contributed by atoms with Crippen LogP contribution in [0.4, 0.5) is 10.1 Å². The molecule has 0 atom stereocenters. The number of rotatable bonds is 5. The van der Waals surface area contributed by atoms with Crippen LogP contribution in [0.3, 0.4) is 0 Å². The molecule has 1 aromatic carbocycles. The number of halogens is 1. The lowest BCUT2D eigenvalue weighted by atomic mass is 10.2. The summed E-state index contributed by atoms with van der Waals surface area (Å²) in [7, 11) is 0. The molecule has 0 heterocycles. The van der Waals surface area contributed by atoms with Gasteiger partial charge >= 0.3 is 5.97 Å². The molecular formula is C13H13FN2O2. The molecule has 0 saturated carbocycles. The van der Waals surface area contributed by atoms with Crippen LogP contribution in [0.5, 0.6) is 0 Å². The zero-order valence-electron chi connectivity index (χ0n) is 10.00. The van der Waals surface area contributed by atoms with Gasteiger partial charge in [0.15, 0.2) is 0 Å². The van der Waals surface area contributed by atoms with Gasteiger partial charge in [0.1, 0.15) is 5.82 Å². The van der Waals surface area contributed by atoms with Crippen molar-refractivity contribution in [1.29, 1.82) is 5.26 Å². The van der Waals surface area contributed by atoms with E-state index in [0.717, 1.165) is 6.07 Å². The summed E-state index contributed by atoms with van der Waals surface area (Å²) in [5, 5.41) is 11.3. The molecule has 0 saturated heterocycles. The number of carbonyl (C=O) groups excluding carboxylic acids is 1. The Morgan fingerprint density at radius 2 is 2.33 bits per heavy atom. The molecule has 0 bridgehead atoms. The Labute approximate surface area is 105 Å². The van der Waals surface area contributed by atoms with E-state index in [4.69, 9.17) is 10.00 Å². The number of carbonyl (C=O) groups is 1. The molecule has 1 aromatic rings. The second kappa shape index (κ2) is 6.40. The van der Waals surface area contributed by atoms with E-state index in [1.54, 1.807) is 6.92 Å². The van der Waals surface area contributed by atoms with Crippen LogP contribution in [0.1, 0.15) is 12.5 Å². The minimum atomic E-state index is -0.550. The fraction of sp³-hybridized carbons (Fsp3) is 0.231. The fourth-order valence-electron chi connectivity index (χ4n) is 1.24. The van der Waals surface area contributed by atoms with Crippen molar-refractivity contribution in [2.75, 3.05) is 18.5 Å². The summed E-state index contributed by atoms with van der Waals surface area (Å²) in [5.41, 5.74) is 0.655. The van der Waals surface area contributed by atoms with E-state index in [2.05, 4.69) is 11.9 Å². The Hall–Kier alpha value is -2.35. The Morgan fingerprint density at radius 3 is 2.89 bits per heavy atom. The maximum absolute atomic E-state index is 13.5. The number of esters is 1. The molecule has 18 heavy (non-hydrogen) atoms. The maximum Gasteiger partial charge on any atom is 0.335 e. The molecule has 0 radical (unpaired) electrons. The van der Waals surface area contributed by atoms with Crippen molar-refractivity contribution in [2.24, 2.45) is 0 Å². The number of nitrogens with zero attached hydrogens (tertiary/aromatic N) is 1. The highest BCUT2D eigenvalue weighted by atomic mass is 19.1. The minimum Gasteiger partial charge on any atom is -0.463 e. The van der Waals surface area contributed by atoms with Gasteiger partial charge in [0, 0.05) is 12.1 Å². The van der Waals surface area contributed by atoms with Gasteiger partial charge in [-0.25, -0.2) is 9.18 Å². The molecule has 5 heteroatoms. The highest BCUT2D eigenvalue weighted by molar-refractivity contribution is 5.88. The normalized spacial score (nSPS) is 9.39. The standard InChI is InChI=1S/C13H13FN2O2/c1-3-18-13(17)9(2)8-16-12-5-4-10(7-15)6-11(12)14/h4-6,16H,2-3,8H2,1H3. The van der Waals surface area contributed by atoms with Gasteiger partial charge in [-0.3, -0.25) is 0 Å². The van der Waals surface area contributed by atoms with E-state index >= 15 is 0 Å². The fourth-order valence-corrected chi connectivity index (χ4v) is 1.24. The van der Waals surface area contributed by atoms with Crippen molar-refractivity contribution in [2.45, 2.75) is 6.92 Å². The van der Waals surface area contributed by atoms with E-state index in [1.165, 1.54) is 12.1 Å². The maximum atomic E-state index is 13.5. The van der Waals surface area contributed by atoms with Crippen molar-refractivity contribution in [3.05, 3.63) is 41.7 Å². The Bertz CT molecular complexity index is 506. The topological polar surface area (TPSA) is 62.1 Å². The molecule has 0 fully saturated rings. The van der Waals surface area contributed by atoms with Crippen LogP contribution >= 0.6 is 0 Å². The van der Waals surface area contributed by atoms with Crippen molar-refractivity contribution >= 4 is 11.7 Å². The number of ether oxygens (including phenoxy) is 1. The first-order chi connectivity index (χ1) is 8.58. The van der Waals surface area contributed by atoms with Crippen LogP contribution < -0.4 is 5.32 Å². The van der Waals surface area contributed by atoms with Gasteiger partial charge in [0.2, 0.25) is 0 Å². The highest BCUT2D eigenvalue weighted by Crippen LogP contribution is 2.15. The van der Waals surface area contributed by atoms with Crippen LogP contribution in [-0.2, 0) is 9.53 Å². The van der Waals surface area contributed by atoms with Gasteiger partial charge in [-0.1, -0.05) is 6.58 Å². The third kappa shape index (κ3) is 3.59. The first kappa shape index (κ1) is 13.7. The molecular weight excluding hydrogens is 235 g/mol. The predicted molar refractivity (Wildman–Crippen MR) is 65.4 cm³/mol. The molecule has 1 rings (SSSR count). The van der Waals surface area contributed by atoms with Gasteiger partial charge < -0.3 is 10.1 Å². The Kier molecular flexibility index (Phi) is 4.88. The molecule has 0 aliphatic carbocycles. The number of anilines is 1. The first-order valence-corrected chi connectivity index (χ1v) is 5.37. The zero-order valence-corrected chi connectivity index (χ0v) is 10.00. The van der Waals surface area contributed by atoms with Gasteiger partial charge in [0.05, 0.1) is 23.9 Å². The van der Waals surface area contributed by atoms with Crippen LogP contribution in [0.2, 0.25) is 0 Å². The summed E-state index contributed by atoms with van der Waals surface area (Å²) in [6.07, 6.45) is 0. The molecule has 0 aliphatic heterocycles. The predicted octanol–water partition coefficient (Wildman–Crippen LogP) is 2.23. The molecule has 0 amide bonds. The SMILES string of the molecule is C=C(CNc1ccc(C#N)cc1F)C(=O)OCC. The summed E-state index contributed by atoms with van der Waals surface area (Å²) < 4.78 is 18.2. The number of nitrogens with one attached hydrogen (secondary N) is 1. The summed E-state index contributed by atoms with van der Waals surface area (Å²) >= 11 is 0. The van der Waals surface area contributed by atoms with E-state index < -0.39 is 11.8 Å². The minimum absolute atomic E-state index is 0.0850. The summed E-state index contributed by atoms with van der Waals surface area (Å²) in [5.74, 6) is -1.07. The van der Waals surface area contributed by atoms with Crippen LogP contribution in [0, 0.1) is 17.1 Å². The third-order valence-electron chi connectivity index (χ3n) is 2.15. The van der Waals surface area contributed by atoms with Crippen LogP contribution in [-0.4, -0.2) is 19.1 Å². The second-order valence-corrected chi connectivity index (χ2v) is 3.48. The number of hydrogen-bond donors (Lipinski definition) is 1. The van der Waals surface area contributed by atoms with Crippen molar-refractivity contribution < 1.29 is 13.9 Å². The quantitative estimate of drug-likeness (QED) is 0.641. The second-order valence-electron chi connectivity index (χ2n) is 3.48.